The van der Waals surface area contributed by atoms with Crippen molar-refractivity contribution in [3.8, 4) is 5.75 Å². The number of aliphatic hydroxyl groups excluding tert-OH is 1. The van der Waals surface area contributed by atoms with E-state index in [4.69, 9.17) is 4.74 Å². The molecule has 24 heavy (non-hydrogen) atoms. The lowest BCUT2D eigenvalue weighted by atomic mass is 10.1. The molecule has 0 radical (unpaired) electrons. The molecule has 0 fully saturated rings. The summed E-state index contributed by atoms with van der Waals surface area (Å²) in [5.74, 6) is 0.375. The molecule has 128 valence electrons. The highest BCUT2D eigenvalue weighted by molar-refractivity contribution is 5.73. The van der Waals surface area contributed by atoms with Crippen LogP contribution in [0.3, 0.4) is 0 Å². The van der Waals surface area contributed by atoms with E-state index in [0.29, 0.717) is 18.7 Å². The number of ether oxygens (including phenoxy) is 1. The van der Waals surface area contributed by atoms with Gasteiger partial charge in [0.05, 0.1) is 12.6 Å². The van der Waals surface area contributed by atoms with Gasteiger partial charge >= 0.3 is 6.03 Å². The van der Waals surface area contributed by atoms with Crippen LogP contribution in [0.15, 0.2) is 48.5 Å². The molecule has 0 spiro atoms. The summed E-state index contributed by atoms with van der Waals surface area (Å²) in [6.07, 6.45) is -0.889. The van der Waals surface area contributed by atoms with Gasteiger partial charge in [-0.1, -0.05) is 29.8 Å². The largest absolute Gasteiger partial charge is 0.492 e. The molecule has 0 aliphatic rings. The second-order valence-electron chi connectivity index (χ2n) is 5.37. The third-order valence-electron chi connectivity index (χ3n) is 3.39. The summed E-state index contributed by atoms with van der Waals surface area (Å²) in [5.41, 5.74) is 1.69. The average molecular weight is 332 g/mol. The molecule has 0 bridgehead atoms. The summed E-state index contributed by atoms with van der Waals surface area (Å²) >= 11 is 0. The van der Waals surface area contributed by atoms with Crippen LogP contribution in [0.2, 0.25) is 0 Å². The molecule has 2 aromatic rings. The van der Waals surface area contributed by atoms with Crippen molar-refractivity contribution in [2.24, 2.45) is 0 Å². The molecule has 1 unspecified atom stereocenters. The minimum absolute atomic E-state index is 0.0380. The number of aryl methyl sites for hydroxylation is 1. The fraction of sp³-hybridized carbons (Fsp3) is 0.278. The smallest absolute Gasteiger partial charge is 0.315 e. The van der Waals surface area contributed by atoms with E-state index in [1.807, 2.05) is 31.2 Å². The summed E-state index contributed by atoms with van der Waals surface area (Å²) in [4.78, 5) is 11.6. The number of aliphatic hydroxyl groups is 1. The van der Waals surface area contributed by atoms with Crippen LogP contribution in [0, 0.1) is 12.7 Å². The first-order chi connectivity index (χ1) is 11.5. The van der Waals surface area contributed by atoms with E-state index in [1.54, 1.807) is 0 Å². The summed E-state index contributed by atoms with van der Waals surface area (Å²) < 4.78 is 18.3. The zero-order valence-corrected chi connectivity index (χ0v) is 13.5. The molecule has 5 nitrogen and oxygen atoms in total. The molecule has 0 heterocycles. The van der Waals surface area contributed by atoms with Gasteiger partial charge in [-0.2, -0.15) is 0 Å². The zero-order chi connectivity index (χ0) is 17.4. The fourth-order valence-corrected chi connectivity index (χ4v) is 2.02. The molecule has 2 amide bonds. The van der Waals surface area contributed by atoms with Crippen molar-refractivity contribution in [1.29, 1.82) is 0 Å². The summed E-state index contributed by atoms with van der Waals surface area (Å²) in [5, 5.41) is 15.1. The first-order valence-corrected chi connectivity index (χ1v) is 7.69. The maximum Gasteiger partial charge on any atom is 0.315 e. The number of carbonyl (C=O) groups excluding carboxylic acids is 1. The first-order valence-electron chi connectivity index (χ1n) is 7.69. The van der Waals surface area contributed by atoms with Gasteiger partial charge in [0.2, 0.25) is 0 Å². The number of rotatable bonds is 7. The van der Waals surface area contributed by atoms with Gasteiger partial charge < -0.3 is 20.5 Å². The predicted octanol–water partition coefficient (Wildman–Crippen LogP) is 2.55. The van der Waals surface area contributed by atoms with E-state index >= 15 is 0 Å². The van der Waals surface area contributed by atoms with Gasteiger partial charge in [0, 0.05) is 6.54 Å². The molecular formula is C18H21FN2O3. The van der Waals surface area contributed by atoms with Crippen LogP contribution in [0.4, 0.5) is 9.18 Å². The number of benzene rings is 2. The van der Waals surface area contributed by atoms with Crippen molar-refractivity contribution in [3.63, 3.8) is 0 Å². The van der Waals surface area contributed by atoms with E-state index in [-0.39, 0.29) is 12.4 Å². The van der Waals surface area contributed by atoms with E-state index in [9.17, 15) is 14.3 Å². The monoisotopic (exact) mass is 332 g/mol. The van der Waals surface area contributed by atoms with Gasteiger partial charge in [-0.05, 0) is 36.8 Å². The van der Waals surface area contributed by atoms with Crippen molar-refractivity contribution in [2.75, 3.05) is 19.7 Å². The van der Waals surface area contributed by atoms with E-state index in [2.05, 4.69) is 10.6 Å². The van der Waals surface area contributed by atoms with Crippen molar-refractivity contribution in [3.05, 3.63) is 65.5 Å². The number of amides is 2. The Labute approximate surface area is 140 Å². The van der Waals surface area contributed by atoms with Gasteiger partial charge in [0.1, 0.15) is 18.2 Å². The van der Waals surface area contributed by atoms with E-state index in [1.165, 1.54) is 24.3 Å². The van der Waals surface area contributed by atoms with Crippen LogP contribution in [0.25, 0.3) is 0 Å². The number of halogens is 1. The number of hydrogen-bond donors (Lipinski definition) is 3. The van der Waals surface area contributed by atoms with Gasteiger partial charge in [-0.25, -0.2) is 9.18 Å². The second kappa shape index (κ2) is 8.88. The standard InChI is InChI=1S/C18H21FN2O3/c1-13-2-8-16(9-3-13)24-11-10-20-18(23)21-12-17(22)14-4-6-15(19)7-5-14/h2-9,17,22H,10-12H2,1H3,(H2,20,21,23). The Kier molecular flexibility index (Phi) is 6.57. The van der Waals surface area contributed by atoms with Crippen LogP contribution in [-0.2, 0) is 0 Å². The SMILES string of the molecule is Cc1ccc(OCCNC(=O)NCC(O)c2ccc(F)cc2)cc1. The topological polar surface area (TPSA) is 70.6 Å². The molecule has 6 heteroatoms. The van der Waals surface area contributed by atoms with Gasteiger partial charge in [0.25, 0.3) is 0 Å². The van der Waals surface area contributed by atoms with E-state index < -0.39 is 12.1 Å². The van der Waals surface area contributed by atoms with Crippen LogP contribution in [0.1, 0.15) is 17.2 Å². The fourth-order valence-electron chi connectivity index (χ4n) is 2.02. The highest BCUT2D eigenvalue weighted by Gasteiger charge is 2.09. The molecule has 0 saturated carbocycles. The lowest BCUT2D eigenvalue weighted by molar-refractivity contribution is 0.172. The Hall–Kier alpha value is -2.60. The third kappa shape index (κ3) is 5.89. The van der Waals surface area contributed by atoms with Gasteiger partial charge in [0.15, 0.2) is 0 Å². The van der Waals surface area contributed by atoms with Crippen LogP contribution in [0.5, 0.6) is 5.75 Å². The second-order valence-corrected chi connectivity index (χ2v) is 5.37. The number of hydrogen-bond acceptors (Lipinski definition) is 3. The lowest BCUT2D eigenvalue weighted by Gasteiger charge is -2.13. The lowest BCUT2D eigenvalue weighted by Crippen LogP contribution is -2.39. The highest BCUT2D eigenvalue weighted by Crippen LogP contribution is 2.12. The maximum atomic E-state index is 12.8. The third-order valence-corrected chi connectivity index (χ3v) is 3.39. The van der Waals surface area contributed by atoms with E-state index in [0.717, 1.165) is 11.3 Å². The van der Waals surface area contributed by atoms with Gasteiger partial charge in [-0.15, -0.1) is 0 Å². The van der Waals surface area contributed by atoms with Crippen molar-refractivity contribution >= 4 is 6.03 Å². The zero-order valence-electron chi connectivity index (χ0n) is 13.5. The normalized spacial score (nSPS) is 11.6. The van der Waals surface area contributed by atoms with Crippen molar-refractivity contribution in [2.45, 2.75) is 13.0 Å². The summed E-state index contributed by atoms with van der Waals surface area (Å²) in [6.45, 7) is 2.72. The molecule has 0 saturated heterocycles. The average Bonchev–Trinajstić information content (AvgIpc) is 2.59. The Balaban J connectivity index is 1.62. The van der Waals surface area contributed by atoms with Gasteiger partial charge in [-0.3, -0.25) is 0 Å². The quantitative estimate of drug-likeness (QED) is 0.683. The Morgan fingerprint density at radius 3 is 2.46 bits per heavy atom. The maximum absolute atomic E-state index is 12.8. The van der Waals surface area contributed by atoms with Crippen LogP contribution < -0.4 is 15.4 Å². The minimum atomic E-state index is -0.889. The minimum Gasteiger partial charge on any atom is -0.492 e. The highest BCUT2D eigenvalue weighted by atomic mass is 19.1. The molecule has 1 atom stereocenters. The summed E-state index contributed by atoms with van der Waals surface area (Å²) in [7, 11) is 0. The Morgan fingerprint density at radius 2 is 1.79 bits per heavy atom. The van der Waals surface area contributed by atoms with Crippen molar-refractivity contribution in [1.82, 2.24) is 10.6 Å². The molecule has 0 aromatic heterocycles. The molecule has 2 aromatic carbocycles. The molecule has 0 aliphatic heterocycles. The number of urea groups is 1. The van der Waals surface area contributed by atoms with Crippen LogP contribution >= 0.6 is 0 Å². The Bertz CT molecular complexity index is 644. The number of nitrogens with one attached hydrogen (secondary N) is 2. The molecule has 2 rings (SSSR count). The predicted molar refractivity (Wildman–Crippen MR) is 89.4 cm³/mol. The first kappa shape index (κ1) is 17.7. The Morgan fingerprint density at radius 1 is 1.12 bits per heavy atom. The molecular weight excluding hydrogens is 311 g/mol. The number of carbonyl (C=O) groups is 1. The molecule has 3 N–H and O–H groups in total. The molecule has 0 aliphatic carbocycles. The summed E-state index contributed by atoms with van der Waals surface area (Å²) in [6, 6.07) is 12.7. The van der Waals surface area contributed by atoms with Crippen LogP contribution in [-0.4, -0.2) is 30.8 Å². The van der Waals surface area contributed by atoms with Crippen molar-refractivity contribution < 1.29 is 19.0 Å².